The molecule has 168 valence electrons. The topological polar surface area (TPSA) is 95.6 Å². The Hall–Kier alpha value is -3.30. The average Bonchev–Trinajstić information content (AvgIpc) is 2.81. The monoisotopic (exact) mass is 432 g/mol. The molecular weight excluding hydrogens is 404 g/mol. The highest BCUT2D eigenvalue weighted by atomic mass is 16.7. The normalized spacial score (nSPS) is 10.3. The number of nitrogens with zero attached hydrogens (tertiary/aromatic N) is 1. The summed E-state index contributed by atoms with van der Waals surface area (Å²) in [5.74, 6) is 0.901. The Morgan fingerprint density at radius 2 is 1.68 bits per heavy atom. The first kappa shape index (κ1) is 24.0. The lowest BCUT2D eigenvalue weighted by Crippen LogP contribution is -2.37. The number of hydrogen-bond acceptors (Lipinski definition) is 7. The van der Waals surface area contributed by atoms with Crippen LogP contribution in [0.4, 0.5) is 0 Å². The molecule has 0 aliphatic rings. The Kier molecular flexibility index (Phi) is 9.60. The third-order valence-corrected chi connectivity index (χ3v) is 4.36. The van der Waals surface area contributed by atoms with Gasteiger partial charge in [0.25, 0.3) is 11.8 Å². The molecule has 0 saturated carbocycles. The van der Waals surface area contributed by atoms with E-state index in [4.69, 9.17) is 23.8 Å². The summed E-state index contributed by atoms with van der Waals surface area (Å²) in [7, 11) is 5.94. The molecular formula is C22H28N2O7. The lowest BCUT2D eigenvalue weighted by Gasteiger charge is -2.15. The molecule has 0 aromatic heterocycles. The van der Waals surface area contributed by atoms with Crippen molar-refractivity contribution in [1.82, 2.24) is 10.4 Å². The van der Waals surface area contributed by atoms with Crippen molar-refractivity contribution in [1.29, 1.82) is 0 Å². The molecule has 2 amide bonds. The third-order valence-electron chi connectivity index (χ3n) is 4.36. The molecule has 0 radical (unpaired) electrons. The van der Waals surface area contributed by atoms with Crippen LogP contribution in [0.25, 0.3) is 0 Å². The number of hydrogen-bond donors (Lipinski definition) is 1. The second-order valence-corrected chi connectivity index (χ2v) is 6.37. The summed E-state index contributed by atoms with van der Waals surface area (Å²) in [6, 6.07) is 12.4. The average molecular weight is 432 g/mol. The molecule has 0 unspecified atom stereocenters. The number of hydroxylamine groups is 2. The van der Waals surface area contributed by atoms with Crippen molar-refractivity contribution in [3.63, 3.8) is 0 Å². The third kappa shape index (κ3) is 7.47. The maximum atomic E-state index is 12.3. The Bertz CT molecular complexity index is 855. The summed E-state index contributed by atoms with van der Waals surface area (Å²) in [4.78, 5) is 28.7. The van der Waals surface area contributed by atoms with E-state index in [-0.39, 0.29) is 12.5 Å². The first-order valence-corrected chi connectivity index (χ1v) is 9.58. The van der Waals surface area contributed by atoms with E-state index in [2.05, 4.69) is 5.32 Å². The van der Waals surface area contributed by atoms with Gasteiger partial charge in [0.1, 0.15) is 12.4 Å². The van der Waals surface area contributed by atoms with E-state index in [9.17, 15) is 9.59 Å². The van der Waals surface area contributed by atoms with Crippen molar-refractivity contribution in [2.45, 2.75) is 6.61 Å². The molecule has 9 nitrogen and oxygen atoms in total. The van der Waals surface area contributed by atoms with Gasteiger partial charge in [0.2, 0.25) is 0 Å². The van der Waals surface area contributed by atoms with E-state index in [0.717, 1.165) is 16.4 Å². The van der Waals surface area contributed by atoms with Crippen LogP contribution >= 0.6 is 0 Å². The molecule has 0 saturated heterocycles. The minimum absolute atomic E-state index is 0.185. The fraction of sp³-hybridized carbons (Fsp3) is 0.364. The van der Waals surface area contributed by atoms with E-state index in [1.165, 1.54) is 21.3 Å². The molecule has 0 heterocycles. The van der Waals surface area contributed by atoms with Gasteiger partial charge in [-0.05, 0) is 35.9 Å². The van der Waals surface area contributed by atoms with Crippen molar-refractivity contribution in [2.24, 2.45) is 0 Å². The van der Waals surface area contributed by atoms with Gasteiger partial charge in [-0.3, -0.25) is 14.4 Å². The second kappa shape index (κ2) is 12.4. The SMILES string of the molecule is COc1ccc(COCCOc2ccc(C(=O)NCC(=O)N(C)OC)cc2OC)cc1. The highest BCUT2D eigenvalue weighted by Crippen LogP contribution is 2.28. The highest BCUT2D eigenvalue weighted by Gasteiger charge is 2.14. The second-order valence-electron chi connectivity index (χ2n) is 6.37. The number of amides is 2. The molecule has 0 bridgehead atoms. The van der Waals surface area contributed by atoms with Crippen LogP contribution < -0.4 is 19.5 Å². The zero-order valence-electron chi connectivity index (χ0n) is 18.2. The number of likely N-dealkylation sites (N-methyl/N-ethyl adjacent to an activating group) is 1. The van der Waals surface area contributed by atoms with Crippen molar-refractivity contribution in [3.05, 3.63) is 53.6 Å². The molecule has 0 fully saturated rings. The van der Waals surface area contributed by atoms with Gasteiger partial charge in [-0.15, -0.1) is 0 Å². The smallest absolute Gasteiger partial charge is 0.265 e. The quantitative estimate of drug-likeness (QED) is 0.405. The zero-order chi connectivity index (χ0) is 22.6. The van der Waals surface area contributed by atoms with Crippen molar-refractivity contribution in [2.75, 3.05) is 48.1 Å². The van der Waals surface area contributed by atoms with Crippen LogP contribution in [-0.4, -0.2) is 65.0 Å². The van der Waals surface area contributed by atoms with E-state index in [1.54, 1.807) is 25.3 Å². The molecule has 0 aliphatic carbocycles. The summed E-state index contributed by atoms with van der Waals surface area (Å²) >= 11 is 0. The summed E-state index contributed by atoms with van der Waals surface area (Å²) in [6.45, 7) is 0.971. The van der Waals surface area contributed by atoms with Gasteiger partial charge in [0.05, 0.1) is 41.1 Å². The predicted octanol–water partition coefficient (Wildman–Crippen LogP) is 2.05. The molecule has 0 spiro atoms. The number of methoxy groups -OCH3 is 2. The summed E-state index contributed by atoms with van der Waals surface area (Å²) in [5, 5.41) is 3.57. The first-order chi connectivity index (χ1) is 15.0. The fourth-order valence-electron chi connectivity index (χ4n) is 2.52. The van der Waals surface area contributed by atoms with E-state index in [1.807, 2.05) is 24.3 Å². The van der Waals surface area contributed by atoms with Gasteiger partial charge in [0, 0.05) is 12.6 Å². The summed E-state index contributed by atoms with van der Waals surface area (Å²) < 4.78 is 21.8. The van der Waals surface area contributed by atoms with Gasteiger partial charge in [-0.2, -0.15) is 0 Å². The highest BCUT2D eigenvalue weighted by molar-refractivity contribution is 5.96. The maximum absolute atomic E-state index is 12.3. The van der Waals surface area contributed by atoms with Crippen LogP contribution in [0.5, 0.6) is 17.2 Å². The van der Waals surface area contributed by atoms with E-state index in [0.29, 0.717) is 36.9 Å². The molecule has 0 atom stereocenters. The zero-order valence-corrected chi connectivity index (χ0v) is 18.2. The Morgan fingerprint density at radius 3 is 2.32 bits per heavy atom. The predicted molar refractivity (Wildman–Crippen MR) is 113 cm³/mol. The number of carbonyl (C=O) groups excluding carboxylic acids is 2. The minimum atomic E-state index is -0.412. The Morgan fingerprint density at radius 1 is 0.935 bits per heavy atom. The summed E-state index contributed by atoms with van der Waals surface area (Å²) in [6.07, 6.45) is 0. The Balaban J connectivity index is 1.81. The number of ether oxygens (including phenoxy) is 4. The van der Waals surface area contributed by atoms with Crippen LogP contribution in [0, 0.1) is 0 Å². The number of carbonyl (C=O) groups is 2. The molecule has 0 aliphatic heterocycles. The van der Waals surface area contributed by atoms with Crippen LogP contribution in [0.1, 0.15) is 15.9 Å². The van der Waals surface area contributed by atoms with Gasteiger partial charge >= 0.3 is 0 Å². The van der Waals surface area contributed by atoms with Crippen LogP contribution in [0.2, 0.25) is 0 Å². The lowest BCUT2D eigenvalue weighted by molar-refractivity contribution is -0.167. The molecule has 9 heteroatoms. The van der Waals surface area contributed by atoms with Crippen molar-refractivity contribution < 1.29 is 33.4 Å². The maximum Gasteiger partial charge on any atom is 0.265 e. The van der Waals surface area contributed by atoms with Crippen molar-refractivity contribution in [3.8, 4) is 17.2 Å². The molecule has 2 rings (SSSR count). The van der Waals surface area contributed by atoms with Gasteiger partial charge in [0.15, 0.2) is 11.5 Å². The standard InChI is InChI=1S/C22H28N2O7/c1-24(29-4)21(25)14-23-22(26)17-7-10-19(20(13-17)28-3)31-12-11-30-15-16-5-8-18(27-2)9-6-16/h5-10,13H,11-12,14-15H2,1-4H3,(H,23,26). The van der Waals surface area contributed by atoms with Gasteiger partial charge in [-0.1, -0.05) is 12.1 Å². The Labute approximate surface area is 181 Å². The van der Waals surface area contributed by atoms with E-state index >= 15 is 0 Å². The number of rotatable bonds is 12. The largest absolute Gasteiger partial charge is 0.497 e. The van der Waals surface area contributed by atoms with Crippen LogP contribution in [0.3, 0.4) is 0 Å². The molecule has 2 aromatic carbocycles. The molecule has 1 N–H and O–H groups in total. The van der Waals surface area contributed by atoms with Crippen molar-refractivity contribution >= 4 is 11.8 Å². The molecule has 2 aromatic rings. The lowest BCUT2D eigenvalue weighted by atomic mass is 10.2. The van der Waals surface area contributed by atoms with E-state index < -0.39 is 5.91 Å². The number of nitrogens with one attached hydrogen (secondary N) is 1. The first-order valence-electron chi connectivity index (χ1n) is 9.58. The fourth-order valence-corrected chi connectivity index (χ4v) is 2.52. The molecule has 31 heavy (non-hydrogen) atoms. The van der Waals surface area contributed by atoms with Crippen LogP contribution in [0.15, 0.2) is 42.5 Å². The summed E-state index contributed by atoms with van der Waals surface area (Å²) in [5.41, 5.74) is 1.37. The minimum Gasteiger partial charge on any atom is -0.497 e. The van der Waals surface area contributed by atoms with Crippen LogP contribution in [-0.2, 0) is 21.0 Å². The van der Waals surface area contributed by atoms with Gasteiger partial charge < -0.3 is 24.3 Å². The number of benzene rings is 2. The van der Waals surface area contributed by atoms with Gasteiger partial charge in [-0.25, -0.2) is 5.06 Å².